The first-order chi connectivity index (χ1) is 12.6. The number of nitrogens with zero attached hydrogens (tertiary/aromatic N) is 2. The van der Waals surface area contributed by atoms with Crippen molar-refractivity contribution in [3.05, 3.63) is 58.9 Å². The highest BCUT2D eigenvalue weighted by molar-refractivity contribution is 7.98. The molecule has 2 aromatic carbocycles. The molecule has 134 valence electrons. The number of fused-ring (bicyclic) bond motifs is 1. The molecule has 3 rings (SSSR count). The van der Waals surface area contributed by atoms with Crippen LogP contribution in [0.5, 0.6) is 0 Å². The number of carbonyl (C=O) groups excluding carboxylic acids is 2. The summed E-state index contributed by atoms with van der Waals surface area (Å²) in [6.45, 7) is 0.0229. The zero-order valence-corrected chi connectivity index (χ0v) is 16.1. The lowest BCUT2D eigenvalue weighted by Gasteiger charge is -2.03. The van der Waals surface area contributed by atoms with Gasteiger partial charge in [0.2, 0.25) is 0 Å². The summed E-state index contributed by atoms with van der Waals surface area (Å²) in [5.74, 6) is -0.623. The van der Waals surface area contributed by atoms with Gasteiger partial charge < -0.3 is 9.30 Å². The number of aromatic nitrogens is 1. The molecule has 0 aliphatic carbocycles. The molecule has 0 saturated heterocycles. The number of thioether (sulfide) groups is 1. The Morgan fingerprint density at radius 2 is 1.88 bits per heavy atom. The summed E-state index contributed by atoms with van der Waals surface area (Å²) in [7, 11) is 1.34. The maximum Gasteiger partial charge on any atom is 0.325 e. The number of hydrogen-bond acceptors (Lipinski definition) is 5. The minimum atomic E-state index is -0.380. The second-order valence-electron chi connectivity index (χ2n) is 5.55. The minimum absolute atomic E-state index is 0.0229. The molecule has 0 saturated carbocycles. The number of carbonyl (C=O) groups is 2. The molecule has 0 aliphatic heterocycles. The fourth-order valence-corrected chi connectivity index (χ4v) is 3.97. The molecule has 1 amide bonds. The standard InChI is InChI=1S/C19H18N2O3S2/c1-24-18(23)12-21-15-5-3-4-6-16(15)26-19(21)20-17(22)11-13-7-9-14(25-2)10-8-13/h3-10H,11-12H2,1-2H3. The van der Waals surface area contributed by atoms with Gasteiger partial charge in [0.1, 0.15) is 6.54 Å². The summed E-state index contributed by atoms with van der Waals surface area (Å²) < 4.78 is 7.45. The second-order valence-corrected chi connectivity index (χ2v) is 7.43. The van der Waals surface area contributed by atoms with Crippen LogP contribution in [0.15, 0.2) is 58.4 Å². The first-order valence-corrected chi connectivity index (χ1v) is 10.0. The molecule has 0 radical (unpaired) electrons. The van der Waals surface area contributed by atoms with E-state index in [1.54, 1.807) is 16.3 Å². The van der Waals surface area contributed by atoms with Crippen LogP contribution in [0, 0.1) is 0 Å². The van der Waals surface area contributed by atoms with E-state index in [0.717, 1.165) is 20.7 Å². The van der Waals surface area contributed by atoms with E-state index in [-0.39, 0.29) is 24.8 Å². The third kappa shape index (κ3) is 4.23. The predicted octanol–water partition coefficient (Wildman–Crippen LogP) is 3.27. The highest BCUT2D eigenvalue weighted by atomic mass is 32.2. The van der Waals surface area contributed by atoms with Crippen molar-refractivity contribution in [2.24, 2.45) is 4.99 Å². The summed E-state index contributed by atoms with van der Waals surface area (Å²) >= 11 is 3.04. The molecule has 1 heterocycles. The summed E-state index contributed by atoms with van der Waals surface area (Å²) in [5, 5.41) is 0. The zero-order valence-electron chi connectivity index (χ0n) is 14.5. The third-order valence-corrected chi connectivity index (χ3v) is 5.64. The van der Waals surface area contributed by atoms with E-state index in [1.807, 2.05) is 54.8 Å². The number of methoxy groups -OCH3 is 1. The lowest BCUT2D eigenvalue weighted by atomic mass is 10.1. The van der Waals surface area contributed by atoms with E-state index >= 15 is 0 Å². The Labute approximate surface area is 159 Å². The fraction of sp³-hybridized carbons (Fsp3) is 0.211. The lowest BCUT2D eigenvalue weighted by Crippen LogP contribution is -2.22. The van der Waals surface area contributed by atoms with Crippen molar-refractivity contribution in [3.63, 3.8) is 0 Å². The van der Waals surface area contributed by atoms with E-state index in [9.17, 15) is 9.59 Å². The Morgan fingerprint density at radius 3 is 2.58 bits per heavy atom. The fourth-order valence-electron chi connectivity index (χ4n) is 2.52. The normalized spacial score (nSPS) is 11.7. The van der Waals surface area contributed by atoms with Crippen molar-refractivity contribution in [1.82, 2.24) is 4.57 Å². The summed E-state index contributed by atoms with van der Waals surface area (Å²) in [5.41, 5.74) is 1.77. The van der Waals surface area contributed by atoms with Crippen LogP contribution in [-0.4, -0.2) is 29.8 Å². The average molecular weight is 386 g/mol. The smallest absolute Gasteiger partial charge is 0.325 e. The van der Waals surface area contributed by atoms with Gasteiger partial charge in [-0.05, 0) is 36.1 Å². The monoisotopic (exact) mass is 386 g/mol. The van der Waals surface area contributed by atoms with Crippen LogP contribution in [0.2, 0.25) is 0 Å². The third-order valence-electron chi connectivity index (χ3n) is 3.84. The zero-order chi connectivity index (χ0) is 18.5. The van der Waals surface area contributed by atoms with Gasteiger partial charge in [-0.25, -0.2) is 0 Å². The van der Waals surface area contributed by atoms with Gasteiger partial charge in [-0.1, -0.05) is 35.6 Å². The van der Waals surface area contributed by atoms with Gasteiger partial charge in [0.05, 0.1) is 23.7 Å². The number of para-hydroxylation sites is 1. The van der Waals surface area contributed by atoms with E-state index < -0.39 is 0 Å². The molecule has 26 heavy (non-hydrogen) atoms. The summed E-state index contributed by atoms with van der Waals surface area (Å²) in [6.07, 6.45) is 2.23. The van der Waals surface area contributed by atoms with Gasteiger partial charge in [-0.15, -0.1) is 11.8 Å². The van der Waals surface area contributed by atoms with Crippen LogP contribution in [0.3, 0.4) is 0 Å². The van der Waals surface area contributed by atoms with Crippen LogP contribution < -0.4 is 4.80 Å². The Morgan fingerprint density at radius 1 is 1.15 bits per heavy atom. The Kier molecular flexibility index (Phi) is 5.90. The first kappa shape index (κ1) is 18.4. The van der Waals surface area contributed by atoms with Gasteiger partial charge in [-0.3, -0.25) is 9.59 Å². The van der Waals surface area contributed by atoms with E-state index in [2.05, 4.69) is 4.99 Å². The molecule has 0 unspecified atom stereocenters. The number of esters is 1. The Bertz CT molecular complexity index is 1000. The quantitative estimate of drug-likeness (QED) is 0.499. The van der Waals surface area contributed by atoms with Gasteiger partial charge in [0.15, 0.2) is 4.80 Å². The van der Waals surface area contributed by atoms with E-state index in [0.29, 0.717) is 4.80 Å². The number of amides is 1. The summed E-state index contributed by atoms with van der Waals surface area (Å²) in [4.78, 5) is 30.1. The number of thiazole rings is 1. The maximum atomic E-state index is 12.4. The van der Waals surface area contributed by atoms with Crippen molar-refractivity contribution in [3.8, 4) is 0 Å². The molecule has 0 bridgehead atoms. The first-order valence-electron chi connectivity index (χ1n) is 7.96. The topological polar surface area (TPSA) is 60.7 Å². The number of benzene rings is 2. The minimum Gasteiger partial charge on any atom is -0.468 e. The average Bonchev–Trinajstić information content (AvgIpc) is 2.99. The van der Waals surface area contributed by atoms with Crippen molar-refractivity contribution < 1.29 is 14.3 Å². The highest BCUT2D eigenvalue weighted by Gasteiger charge is 2.11. The van der Waals surface area contributed by atoms with Gasteiger partial charge in [0, 0.05) is 4.90 Å². The van der Waals surface area contributed by atoms with Crippen LogP contribution >= 0.6 is 23.1 Å². The molecule has 5 nitrogen and oxygen atoms in total. The van der Waals surface area contributed by atoms with Crippen LogP contribution in [0.1, 0.15) is 5.56 Å². The van der Waals surface area contributed by atoms with Gasteiger partial charge in [-0.2, -0.15) is 4.99 Å². The molecular formula is C19H18N2O3S2. The molecule has 0 aliphatic rings. The molecular weight excluding hydrogens is 368 g/mol. The maximum absolute atomic E-state index is 12.4. The number of hydrogen-bond donors (Lipinski definition) is 0. The molecule has 1 aromatic heterocycles. The molecule has 0 spiro atoms. The van der Waals surface area contributed by atoms with Crippen LogP contribution in [0.4, 0.5) is 0 Å². The van der Waals surface area contributed by atoms with Crippen LogP contribution in [-0.2, 0) is 27.3 Å². The molecule has 0 N–H and O–H groups in total. The number of rotatable bonds is 5. The predicted molar refractivity (Wildman–Crippen MR) is 104 cm³/mol. The van der Waals surface area contributed by atoms with E-state index in [4.69, 9.17) is 4.74 Å². The Balaban J connectivity index is 1.93. The van der Waals surface area contributed by atoms with Crippen LogP contribution in [0.25, 0.3) is 10.2 Å². The number of ether oxygens (including phenoxy) is 1. The van der Waals surface area contributed by atoms with Crippen molar-refractivity contribution in [2.75, 3.05) is 13.4 Å². The largest absolute Gasteiger partial charge is 0.468 e. The molecule has 7 heteroatoms. The molecule has 0 atom stereocenters. The molecule has 3 aromatic rings. The summed E-state index contributed by atoms with van der Waals surface area (Å²) in [6, 6.07) is 15.5. The highest BCUT2D eigenvalue weighted by Crippen LogP contribution is 2.17. The Hall–Kier alpha value is -2.38. The second kappa shape index (κ2) is 8.33. The van der Waals surface area contributed by atoms with Gasteiger partial charge in [0.25, 0.3) is 5.91 Å². The molecule has 0 fully saturated rings. The lowest BCUT2D eigenvalue weighted by molar-refractivity contribution is -0.141. The van der Waals surface area contributed by atoms with E-state index in [1.165, 1.54) is 18.4 Å². The van der Waals surface area contributed by atoms with Gasteiger partial charge >= 0.3 is 5.97 Å². The van der Waals surface area contributed by atoms with Crippen molar-refractivity contribution in [2.45, 2.75) is 17.9 Å². The van der Waals surface area contributed by atoms with Crippen molar-refractivity contribution in [1.29, 1.82) is 0 Å². The SMILES string of the molecule is COC(=O)Cn1c(=NC(=O)Cc2ccc(SC)cc2)sc2ccccc21. The van der Waals surface area contributed by atoms with Crippen molar-refractivity contribution >= 4 is 45.2 Å².